The number of rotatable bonds is 4. The summed E-state index contributed by atoms with van der Waals surface area (Å²) in [5.41, 5.74) is 1.82. The maximum atomic E-state index is 12.3. The van der Waals surface area contributed by atoms with E-state index in [1.54, 1.807) is 0 Å². The van der Waals surface area contributed by atoms with E-state index in [4.69, 9.17) is 0 Å². The Morgan fingerprint density at radius 2 is 1.81 bits per heavy atom. The Hall–Kier alpha value is -1.11. The lowest BCUT2D eigenvalue weighted by Crippen LogP contribution is -2.21. The molecule has 0 aliphatic carbocycles. The summed E-state index contributed by atoms with van der Waals surface area (Å²) < 4.78 is 0. The topological polar surface area (TPSA) is 17.1 Å². The average Bonchev–Trinajstić information content (AvgIpc) is 2.24. The zero-order valence-electron chi connectivity index (χ0n) is 10.8. The van der Waals surface area contributed by atoms with Gasteiger partial charge in [-0.2, -0.15) is 0 Å². The molecule has 0 saturated carbocycles. The van der Waals surface area contributed by atoms with Gasteiger partial charge < -0.3 is 0 Å². The molecular formula is C15H22O. The molecule has 0 heterocycles. The van der Waals surface area contributed by atoms with Gasteiger partial charge in [0.15, 0.2) is 5.78 Å². The van der Waals surface area contributed by atoms with Crippen molar-refractivity contribution in [3.63, 3.8) is 0 Å². The third kappa shape index (κ3) is 3.19. The largest absolute Gasteiger partial charge is 0.294 e. The Kier molecular flexibility index (Phi) is 4.28. The minimum absolute atomic E-state index is 0.249. The normalized spacial score (nSPS) is 11.5. The molecule has 0 saturated heterocycles. The van der Waals surface area contributed by atoms with Crippen molar-refractivity contribution in [3.05, 3.63) is 35.4 Å². The van der Waals surface area contributed by atoms with Crippen molar-refractivity contribution in [2.45, 2.75) is 47.0 Å². The first-order valence-corrected chi connectivity index (χ1v) is 6.09. The molecule has 16 heavy (non-hydrogen) atoms. The van der Waals surface area contributed by atoms with Gasteiger partial charge in [-0.15, -0.1) is 0 Å². The van der Waals surface area contributed by atoms with Crippen molar-refractivity contribution in [2.75, 3.05) is 0 Å². The Balaban J connectivity index is 2.99. The molecule has 0 radical (unpaired) electrons. The van der Waals surface area contributed by atoms with Gasteiger partial charge in [-0.25, -0.2) is 0 Å². The number of unbranched alkanes of at least 4 members (excludes halogenated alkanes) is 1. The first kappa shape index (κ1) is 13.0. The van der Waals surface area contributed by atoms with Crippen LogP contribution in [0.5, 0.6) is 0 Å². The second-order valence-corrected chi connectivity index (χ2v) is 5.34. The van der Waals surface area contributed by atoms with E-state index >= 15 is 0 Å². The van der Waals surface area contributed by atoms with Crippen LogP contribution in [0.3, 0.4) is 0 Å². The standard InChI is InChI=1S/C15H22O/c1-5-6-9-12-10-7-8-11-13(12)14(16)15(2,3)4/h7-8,10-11H,5-6,9H2,1-4H3. The van der Waals surface area contributed by atoms with Crippen molar-refractivity contribution in [2.24, 2.45) is 5.41 Å². The molecule has 1 heteroatoms. The summed E-state index contributed by atoms with van der Waals surface area (Å²) in [6.07, 6.45) is 3.32. The minimum Gasteiger partial charge on any atom is -0.294 e. The molecule has 0 aliphatic rings. The van der Waals surface area contributed by atoms with E-state index in [1.807, 2.05) is 39.0 Å². The van der Waals surface area contributed by atoms with Crippen LogP contribution < -0.4 is 0 Å². The number of hydrogen-bond acceptors (Lipinski definition) is 1. The Morgan fingerprint density at radius 1 is 1.19 bits per heavy atom. The van der Waals surface area contributed by atoms with Crippen molar-refractivity contribution >= 4 is 5.78 Å². The van der Waals surface area contributed by atoms with Crippen LogP contribution in [-0.4, -0.2) is 5.78 Å². The second-order valence-electron chi connectivity index (χ2n) is 5.34. The number of Topliss-reactive ketones (excluding diaryl/α,β-unsaturated/α-hetero) is 1. The van der Waals surface area contributed by atoms with Gasteiger partial charge in [0.2, 0.25) is 0 Å². The number of carbonyl (C=O) groups is 1. The molecular weight excluding hydrogens is 196 g/mol. The van der Waals surface area contributed by atoms with Gasteiger partial charge >= 0.3 is 0 Å². The lowest BCUT2D eigenvalue weighted by molar-refractivity contribution is 0.0857. The third-order valence-electron chi connectivity index (χ3n) is 2.74. The van der Waals surface area contributed by atoms with Gasteiger partial charge in [0.25, 0.3) is 0 Å². The highest BCUT2D eigenvalue weighted by Crippen LogP contribution is 2.23. The number of carbonyl (C=O) groups excluding carboxylic acids is 1. The fourth-order valence-electron chi connectivity index (χ4n) is 1.73. The van der Waals surface area contributed by atoms with E-state index in [0.717, 1.165) is 24.8 Å². The molecule has 1 nitrogen and oxygen atoms in total. The van der Waals surface area contributed by atoms with E-state index in [9.17, 15) is 4.79 Å². The Morgan fingerprint density at radius 3 is 2.38 bits per heavy atom. The molecule has 0 unspecified atom stereocenters. The van der Waals surface area contributed by atoms with Crippen LogP contribution in [-0.2, 0) is 6.42 Å². The van der Waals surface area contributed by atoms with Crippen LogP contribution in [0, 0.1) is 5.41 Å². The zero-order valence-corrected chi connectivity index (χ0v) is 10.8. The molecule has 0 N–H and O–H groups in total. The average molecular weight is 218 g/mol. The second kappa shape index (κ2) is 5.29. The molecule has 1 aromatic rings. The van der Waals surface area contributed by atoms with Crippen molar-refractivity contribution in [3.8, 4) is 0 Å². The number of ketones is 1. The summed E-state index contributed by atoms with van der Waals surface area (Å²) in [6.45, 7) is 8.11. The van der Waals surface area contributed by atoms with Gasteiger partial charge in [-0.05, 0) is 18.4 Å². The fourth-order valence-corrected chi connectivity index (χ4v) is 1.73. The monoisotopic (exact) mass is 218 g/mol. The summed E-state index contributed by atoms with van der Waals surface area (Å²) >= 11 is 0. The van der Waals surface area contributed by atoms with E-state index in [2.05, 4.69) is 13.0 Å². The van der Waals surface area contributed by atoms with Crippen LogP contribution in [0.4, 0.5) is 0 Å². The van der Waals surface area contributed by atoms with Gasteiger partial charge in [0.05, 0.1) is 0 Å². The number of hydrogen-bond donors (Lipinski definition) is 0. The lowest BCUT2D eigenvalue weighted by atomic mass is 9.84. The predicted octanol–water partition coefficient (Wildman–Crippen LogP) is 4.26. The first-order chi connectivity index (χ1) is 7.46. The molecule has 88 valence electrons. The predicted molar refractivity (Wildman–Crippen MR) is 68.8 cm³/mol. The number of benzene rings is 1. The maximum absolute atomic E-state index is 12.3. The molecule has 0 bridgehead atoms. The van der Waals surface area contributed by atoms with E-state index in [0.29, 0.717) is 0 Å². The highest BCUT2D eigenvalue weighted by Gasteiger charge is 2.24. The van der Waals surface area contributed by atoms with Crippen LogP contribution >= 0.6 is 0 Å². The van der Waals surface area contributed by atoms with Crippen molar-refractivity contribution < 1.29 is 4.79 Å². The molecule has 1 rings (SSSR count). The van der Waals surface area contributed by atoms with Gasteiger partial charge in [0.1, 0.15) is 0 Å². The summed E-state index contributed by atoms with van der Waals surface area (Å²) in [4.78, 5) is 12.3. The summed E-state index contributed by atoms with van der Waals surface area (Å²) in [5, 5.41) is 0. The Labute approximate surface area is 98.9 Å². The van der Waals surface area contributed by atoms with Gasteiger partial charge in [0, 0.05) is 11.0 Å². The summed E-state index contributed by atoms with van der Waals surface area (Å²) in [6, 6.07) is 8.01. The molecule has 0 amide bonds. The SMILES string of the molecule is CCCCc1ccccc1C(=O)C(C)(C)C. The zero-order chi connectivity index (χ0) is 12.2. The highest BCUT2D eigenvalue weighted by molar-refractivity contribution is 6.01. The molecule has 0 fully saturated rings. The van der Waals surface area contributed by atoms with Gasteiger partial charge in [-0.1, -0.05) is 58.4 Å². The molecule has 0 atom stereocenters. The lowest BCUT2D eigenvalue weighted by Gasteiger charge is -2.18. The van der Waals surface area contributed by atoms with Crippen LogP contribution in [0.25, 0.3) is 0 Å². The minimum atomic E-state index is -0.289. The maximum Gasteiger partial charge on any atom is 0.168 e. The smallest absolute Gasteiger partial charge is 0.168 e. The van der Waals surface area contributed by atoms with Crippen LogP contribution in [0.15, 0.2) is 24.3 Å². The third-order valence-corrected chi connectivity index (χ3v) is 2.74. The van der Waals surface area contributed by atoms with Gasteiger partial charge in [-0.3, -0.25) is 4.79 Å². The molecule has 0 aromatic heterocycles. The fraction of sp³-hybridized carbons (Fsp3) is 0.533. The van der Waals surface area contributed by atoms with E-state index in [1.165, 1.54) is 5.56 Å². The van der Waals surface area contributed by atoms with Crippen LogP contribution in [0.2, 0.25) is 0 Å². The summed E-state index contributed by atoms with van der Waals surface area (Å²) in [7, 11) is 0. The van der Waals surface area contributed by atoms with E-state index in [-0.39, 0.29) is 11.2 Å². The summed E-state index contributed by atoms with van der Waals surface area (Å²) in [5.74, 6) is 0.249. The Bertz CT molecular complexity index is 358. The van der Waals surface area contributed by atoms with Crippen LogP contribution in [0.1, 0.15) is 56.5 Å². The first-order valence-electron chi connectivity index (χ1n) is 6.09. The highest BCUT2D eigenvalue weighted by atomic mass is 16.1. The van der Waals surface area contributed by atoms with Crippen molar-refractivity contribution in [1.82, 2.24) is 0 Å². The molecule has 1 aromatic carbocycles. The molecule has 0 aliphatic heterocycles. The number of aryl methyl sites for hydroxylation is 1. The quantitative estimate of drug-likeness (QED) is 0.690. The molecule has 0 spiro atoms. The van der Waals surface area contributed by atoms with E-state index < -0.39 is 0 Å². The van der Waals surface area contributed by atoms with Crippen molar-refractivity contribution in [1.29, 1.82) is 0 Å².